The number of hydrogen-bond acceptors (Lipinski definition) is 5. The lowest BCUT2D eigenvalue weighted by atomic mass is 10.1. The molecule has 0 atom stereocenters. The van der Waals surface area contributed by atoms with Crippen molar-refractivity contribution in [3.8, 4) is 11.3 Å². The molecule has 0 amide bonds. The maximum absolute atomic E-state index is 5.30. The van der Waals surface area contributed by atoms with Crippen molar-refractivity contribution in [1.82, 2.24) is 19.9 Å². The highest BCUT2D eigenvalue weighted by Crippen LogP contribution is 2.22. The molecule has 0 saturated carbocycles. The van der Waals surface area contributed by atoms with Crippen LogP contribution in [0.25, 0.3) is 22.3 Å². The maximum atomic E-state index is 5.30. The zero-order valence-corrected chi connectivity index (χ0v) is 9.81. The summed E-state index contributed by atoms with van der Waals surface area (Å²) in [4.78, 5) is 15.8. The van der Waals surface area contributed by atoms with Crippen LogP contribution in [-0.4, -0.2) is 19.9 Å². The SMILES string of the molecule is Cc1nc2ccc(-c3ccnc(NN)n3)cc2[nH]1. The van der Waals surface area contributed by atoms with Gasteiger partial charge in [0.15, 0.2) is 0 Å². The zero-order valence-electron chi connectivity index (χ0n) is 9.81. The second kappa shape index (κ2) is 4.08. The quantitative estimate of drug-likeness (QED) is 0.467. The average Bonchev–Trinajstić information content (AvgIpc) is 2.77. The minimum Gasteiger partial charge on any atom is -0.342 e. The van der Waals surface area contributed by atoms with Gasteiger partial charge in [0.2, 0.25) is 5.95 Å². The summed E-state index contributed by atoms with van der Waals surface area (Å²) in [6.45, 7) is 1.93. The summed E-state index contributed by atoms with van der Waals surface area (Å²) in [7, 11) is 0. The van der Waals surface area contributed by atoms with E-state index in [0.29, 0.717) is 5.95 Å². The monoisotopic (exact) mass is 240 g/mol. The van der Waals surface area contributed by atoms with E-state index in [0.717, 1.165) is 28.1 Å². The van der Waals surface area contributed by atoms with Crippen LogP contribution in [0.3, 0.4) is 0 Å². The first-order valence-corrected chi connectivity index (χ1v) is 5.52. The Morgan fingerprint density at radius 3 is 2.94 bits per heavy atom. The molecule has 6 nitrogen and oxygen atoms in total. The number of hydrogen-bond donors (Lipinski definition) is 3. The van der Waals surface area contributed by atoms with Crippen LogP contribution in [0.2, 0.25) is 0 Å². The van der Waals surface area contributed by atoms with Crippen molar-refractivity contribution in [2.75, 3.05) is 5.43 Å². The van der Waals surface area contributed by atoms with Gasteiger partial charge in [-0.15, -0.1) is 0 Å². The van der Waals surface area contributed by atoms with Crippen LogP contribution in [0.1, 0.15) is 5.82 Å². The largest absolute Gasteiger partial charge is 0.342 e. The number of aromatic nitrogens is 4. The topological polar surface area (TPSA) is 92.5 Å². The van der Waals surface area contributed by atoms with Crippen molar-refractivity contribution in [2.45, 2.75) is 6.92 Å². The first-order chi connectivity index (χ1) is 8.76. The van der Waals surface area contributed by atoms with E-state index in [4.69, 9.17) is 5.84 Å². The number of imidazole rings is 1. The molecule has 2 aromatic heterocycles. The molecule has 0 bridgehead atoms. The molecular weight excluding hydrogens is 228 g/mol. The second-order valence-corrected chi connectivity index (χ2v) is 3.96. The molecule has 3 aromatic rings. The number of hydrazine groups is 1. The highest BCUT2D eigenvalue weighted by Gasteiger charge is 2.05. The van der Waals surface area contributed by atoms with Gasteiger partial charge in [0.25, 0.3) is 0 Å². The van der Waals surface area contributed by atoms with Crippen LogP contribution in [0.5, 0.6) is 0 Å². The summed E-state index contributed by atoms with van der Waals surface area (Å²) in [6.07, 6.45) is 1.67. The Labute approximate surface area is 103 Å². The van der Waals surface area contributed by atoms with E-state index >= 15 is 0 Å². The lowest BCUT2D eigenvalue weighted by molar-refractivity contribution is 1.12. The number of aryl methyl sites for hydroxylation is 1. The molecule has 18 heavy (non-hydrogen) atoms. The predicted octanol–water partition coefficient (Wildman–Crippen LogP) is 1.61. The van der Waals surface area contributed by atoms with Gasteiger partial charge >= 0.3 is 0 Å². The number of aromatic amines is 1. The summed E-state index contributed by atoms with van der Waals surface area (Å²) >= 11 is 0. The number of fused-ring (bicyclic) bond motifs is 1. The van der Waals surface area contributed by atoms with Crippen molar-refractivity contribution in [3.63, 3.8) is 0 Å². The Bertz CT molecular complexity index is 703. The summed E-state index contributed by atoms with van der Waals surface area (Å²) in [5.74, 6) is 6.59. The van der Waals surface area contributed by atoms with E-state index in [1.54, 1.807) is 6.20 Å². The molecule has 0 saturated heterocycles. The highest BCUT2D eigenvalue weighted by molar-refractivity contribution is 5.81. The first-order valence-electron chi connectivity index (χ1n) is 5.52. The molecule has 0 unspecified atom stereocenters. The van der Waals surface area contributed by atoms with Gasteiger partial charge in [-0.05, 0) is 25.1 Å². The number of benzene rings is 1. The lowest BCUT2D eigenvalue weighted by Crippen LogP contribution is -2.10. The first kappa shape index (κ1) is 10.7. The van der Waals surface area contributed by atoms with Gasteiger partial charge in [0.1, 0.15) is 5.82 Å². The van der Waals surface area contributed by atoms with Crippen LogP contribution in [0.4, 0.5) is 5.95 Å². The van der Waals surface area contributed by atoms with Crippen molar-refractivity contribution >= 4 is 17.0 Å². The third-order valence-electron chi connectivity index (χ3n) is 2.68. The van der Waals surface area contributed by atoms with E-state index < -0.39 is 0 Å². The fraction of sp³-hybridized carbons (Fsp3) is 0.0833. The number of nitrogens with one attached hydrogen (secondary N) is 2. The molecular formula is C12H12N6. The Morgan fingerprint density at radius 2 is 2.11 bits per heavy atom. The lowest BCUT2D eigenvalue weighted by Gasteiger charge is -2.02. The van der Waals surface area contributed by atoms with E-state index in [-0.39, 0.29) is 0 Å². The molecule has 0 fully saturated rings. The van der Waals surface area contributed by atoms with Crippen molar-refractivity contribution in [1.29, 1.82) is 0 Å². The van der Waals surface area contributed by atoms with Crippen LogP contribution in [0.15, 0.2) is 30.5 Å². The van der Waals surface area contributed by atoms with Crippen LogP contribution in [-0.2, 0) is 0 Å². The molecule has 2 heterocycles. The molecule has 0 aliphatic carbocycles. The van der Waals surface area contributed by atoms with E-state index in [1.807, 2.05) is 31.2 Å². The third kappa shape index (κ3) is 1.78. The van der Waals surface area contributed by atoms with Gasteiger partial charge in [0.05, 0.1) is 16.7 Å². The molecule has 0 spiro atoms. The molecule has 90 valence electrons. The minimum absolute atomic E-state index is 0.397. The smallest absolute Gasteiger partial charge is 0.237 e. The second-order valence-electron chi connectivity index (χ2n) is 3.96. The number of nitrogen functional groups attached to an aromatic ring is 1. The van der Waals surface area contributed by atoms with Gasteiger partial charge in [-0.2, -0.15) is 0 Å². The zero-order chi connectivity index (χ0) is 12.5. The van der Waals surface area contributed by atoms with Crippen molar-refractivity contribution in [2.24, 2.45) is 5.84 Å². The molecule has 0 radical (unpaired) electrons. The third-order valence-corrected chi connectivity index (χ3v) is 2.68. The summed E-state index contributed by atoms with van der Waals surface area (Å²) < 4.78 is 0. The van der Waals surface area contributed by atoms with E-state index in [2.05, 4.69) is 25.4 Å². The van der Waals surface area contributed by atoms with Gasteiger partial charge in [0, 0.05) is 11.8 Å². The summed E-state index contributed by atoms with van der Waals surface area (Å²) in [5.41, 5.74) is 6.18. The van der Waals surface area contributed by atoms with Crippen LogP contribution in [0, 0.1) is 6.92 Å². The van der Waals surface area contributed by atoms with Gasteiger partial charge in [-0.25, -0.2) is 20.8 Å². The highest BCUT2D eigenvalue weighted by atomic mass is 15.3. The molecule has 1 aromatic carbocycles. The molecule has 6 heteroatoms. The summed E-state index contributed by atoms with van der Waals surface area (Å²) in [6, 6.07) is 7.79. The van der Waals surface area contributed by atoms with Crippen molar-refractivity contribution < 1.29 is 0 Å². The van der Waals surface area contributed by atoms with E-state index in [1.165, 1.54) is 0 Å². The Morgan fingerprint density at radius 1 is 1.22 bits per heavy atom. The standard InChI is InChI=1S/C12H12N6/c1-7-15-10-3-2-8(6-11(10)16-7)9-4-5-14-12(17-9)18-13/h2-6H,13H2,1H3,(H,15,16)(H,14,17,18). The van der Waals surface area contributed by atoms with Crippen LogP contribution < -0.4 is 11.3 Å². The number of nitrogens with zero attached hydrogens (tertiary/aromatic N) is 3. The molecule has 0 aliphatic heterocycles. The van der Waals surface area contributed by atoms with Gasteiger partial charge in [-0.3, -0.25) is 5.43 Å². The maximum Gasteiger partial charge on any atom is 0.237 e. The Balaban J connectivity index is 2.12. The Kier molecular flexibility index (Phi) is 2.42. The molecule has 0 aliphatic rings. The average molecular weight is 240 g/mol. The molecule has 4 N–H and O–H groups in total. The summed E-state index contributed by atoms with van der Waals surface area (Å²) in [5, 5.41) is 0. The van der Waals surface area contributed by atoms with Crippen LogP contribution >= 0.6 is 0 Å². The van der Waals surface area contributed by atoms with E-state index in [9.17, 15) is 0 Å². The van der Waals surface area contributed by atoms with Gasteiger partial charge < -0.3 is 4.98 Å². The predicted molar refractivity (Wildman–Crippen MR) is 69.7 cm³/mol. The molecule has 3 rings (SSSR count). The normalized spacial score (nSPS) is 10.8. The number of anilines is 1. The number of H-pyrrole nitrogens is 1. The minimum atomic E-state index is 0.397. The van der Waals surface area contributed by atoms with Crippen molar-refractivity contribution in [3.05, 3.63) is 36.3 Å². The number of rotatable bonds is 2. The number of nitrogens with two attached hydrogens (primary N) is 1. The Hall–Kier alpha value is -2.47. The fourth-order valence-electron chi connectivity index (χ4n) is 1.89. The fourth-order valence-corrected chi connectivity index (χ4v) is 1.89. The van der Waals surface area contributed by atoms with Gasteiger partial charge in [-0.1, -0.05) is 6.07 Å².